The van der Waals surface area contributed by atoms with Gasteiger partial charge in [0.2, 0.25) is 5.91 Å². The fourth-order valence-electron chi connectivity index (χ4n) is 2.00. The van der Waals surface area contributed by atoms with E-state index >= 15 is 0 Å². The molecule has 0 unspecified atom stereocenters. The van der Waals surface area contributed by atoms with E-state index in [2.05, 4.69) is 15.5 Å². The molecule has 122 valence electrons. The Kier molecular flexibility index (Phi) is 5.40. The molecule has 0 fully saturated rings. The summed E-state index contributed by atoms with van der Waals surface area (Å²) in [5.74, 6) is 0.0125. The van der Waals surface area contributed by atoms with Crippen molar-refractivity contribution in [1.82, 2.24) is 14.8 Å². The first-order valence-corrected chi connectivity index (χ1v) is 8.71. The Hall–Kier alpha value is -2.02. The average molecular weight is 379 g/mol. The predicted octanol–water partition coefficient (Wildman–Crippen LogP) is 4.30. The number of aromatic nitrogens is 3. The third kappa shape index (κ3) is 4.08. The van der Waals surface area contributed by atoms with Crippen LogP contribution in [0, 0.1) is 0 Å². The molecule has 0 radical (unpaired) electrons. The quantitative estimate of drug-likeness (QED) is 0.672. The summed E-state index contributed by atoms with van der Waals surface area (Å²) in [7, 11) is 0. The second kappa shape index (κ2) is 7.70. The number of benzene rings is 2. The van der Waals surface area contributed by atoms with Crippen molar-refractivity contribution in [3.05, 3.63) is 64.9 Å². The van der Waals surface area contributed by atoms with E-state index < -0.39 is 0 Å². The number of hydrogen-bond acceptors (Lipinski definition) is 4. The Morgan fingerprint density at radius 2 is 2.00 bits per heavy atom. The van der Waals surface area contributed by atoms with Gasteiger partial charge >= 0.3 is 0 Å². The molecule has 0 spiro atoms. The van der Waals surface area contributed by atoms with Gasteiger partial charge in [0.25, 0.3) is 0 Å². The third-order valence-electron chi connectivity index (χ3n) is 3.08. The van der Waals surface area contributed by atoms with E-state index in [0.717, 1.165) is 5.69 Å². The molecule has 0 aliphatic carbocycles. The van der Waals surface area contributed by atoms with Gasteiger partial charge in [-0.25, -0.2) is 0 Å². The Labute approximate surface area is 153 Å². The first kappa shape index (κ1) is 16.8. The van der Waals surface area contributed by atoms with Gasteiger partial charge in [-0.2, -0.15) is 0 Å². The van der Waals surface area contributed by atoms with Gasteiger partial charge in [0.1, 0.15) is 6.33 Å². The van der Waals surface area contributed by atoms with E-state index in [1.807, 2.05) is 18.2 Å². The van der Waals surface area contributed by atoms with Crippen LogP contribution >= 0.6 is 35.0 Å². The van der Waals surface area contributed by atoms with Crippen LogP contribution in [0.4, 0.5) is 5.69 Å². The zero-order valence-corrected chi connectivity index (χ0v) is 14.6. The summed E-state index contributed by atoms with van der Waals surface area (Å²) < 4.78 is 1.78. The zero-order chi connectivity index (χ0) is 16.9. The standard InChI is InChI=1S/C16H12Cl2N4OS/c17-11-4-3-5-12(8-11)22-10-19-21-16(22)24-9-15(23)20-14-7-2-1-6-13(14)18/h1-8,10H,9H2,(H,20,23). The normalized spacial score (nSPS) is 10.6. The van der Waals surface area contributed by atoms with Gasteiger partial charge in [-0.05, 0) is 30.3 Å². The van der Waals surface area contributed by atoms with Gasteiger partial charge < -0.3 is 5.32 Å². The maximum absolute atomic E-state index is 12.1. The van der Waals surface area contributed by atoms with Crippen LogP contribution in [0.25, 0.3) is 5.69 Å². The zero-order valence-electron chi connectivity index (χ0n) is 12.3. The van der Waals surface area contributed by atoms with Crippen LogP contribution in [0.2, 0.25) is 10.0 Å². The van der Waals surface area contributed by atoms with E-state index in [0.29, 0.717) is 20.9 Å². The summed E-state index contributed by atoms with van der Waals surface area (Å²) in [6, 6.07) is 14.4. The number of nitrogens with zero attached hydrogens (tertiary/aromatic N) is 3. The van der Waals surface area contributed by atoms with Crippen molar-refractivity contribution in [3.8, 4) is 5.69 Å². The number of carbonyl (C=O) groups is 1. The smallest absolute Gasteiger partial charge is 0.234 e. The van der Waals surface area contributed by atoms with Gasteiger partial charge in [-0.15, -0.1) is 10.2 Å². The number of halogens is 2. The summed E-state index contributed by atoms with van der Waals surface area (Å²) >= 11 is 13.3. The number of hydrogen-bond donors (Lipinski definition) is 1. The molecule has 0 bridgehead atoms. The highest BCUT2D eigenvalue weighted by Gasteiger charge is 2.11. The maximum Gasteiger partial charge on any atom is 0.234 e. The van der Waals surface area contributed by atoms with Gasteiger partial charge in [0.05, 0.1) is 22.2 Å². The fourth-order valence-corrected chi connectivity index (χ4v) is 3.10. The second-order valence-electron chi connectivity index (χ2n) is 4.78. The number of thioether (sulfide) groups is 1. The number of rotatable bonds is 5. The van der Waals surface area contributed by atoms with Crippen LogP contribution in [0.15, 0.2) is 60.0 Å². The molecule has 1 heterocycles. The summed E-state index contributed by atoms with van der Waals surface area (Å²) in [5, 5.41) is 12.4. The van der Waals surface area contributed by atoms with Gasteiger partial charge in [0, 0.05) is 5.02 Å². The first-order chi connectivity index (χ1) is 11.6. The molecule has 3 aromatic rings. The molecule has 24 heavy (non-hydrogen) atoms. The van der Waals surface area contributed by atoms with Crippen molar-refractivity contribution in [2.24, 2.45) is 0 Å². The molecule has 5 nitrogen and oxygen atoms in total. The lowest BCUT2D eigenvalue weighted by Crippen LogP contribution is -2.14. The molecule has 0 saturated carbocycles. The van der Waals surface area contributed by atoms with Crippen molar-refractivity contribution in [2.75, 3.05) is 11.1 Å². The van der Waals surface area contributed by atoms with Crippen LogP contribution in [0.1, 0.15) is 0 Å². The lowest BCUT2D eigenvalue weighted by Gasteiger charge is -2.08. The molecule has 1 amide bonds. The van der Waals surface area contributed by atoms with Crippen molar-refractivity contribution >= 4 is 46.6 Å². The number of para-hydroxylation sites is 1. The summed E-state index contributed by atoms with van der Waals surface area (Å²) in [4.78, 5) is 12.1. The third-order valence-corrected chi connectivity index (χ3v) is 4.59. The fraction of sp³-hybridized carbons (Fsp3) is 0.0625. The van der Waals surface area contributed by atoms with Crippen LogP contribution in [-0.4, -0.2) is 26.4 Å². The second-order valence-corrected chi connectivity index (χ2v) is 6.57. The molecule has 0 aliphatic heterocycles. The highest BCUT2D eigenvalue weighted by molar-refractivity contribution is 7.99. The van der Waals surface area contributed by atoms with E-state index in [9.17, 15) is 4.79 Å². The van der Waals surface area contributed by atoms with Gasteiger partial charge in [-0.3, -0.25) is 9.36 Å². The largest absolute Gasteiger partial charge is 0.324 e. The Bertz CT molecular complexity index is 869. The minimum Gasteiger partial charge on any atom is -0.324 e. The minimum atomic E-state index is -0.172. The lowest BCUT2D eigenvalue weighted by atomic mass is 10.3. The molecule has 0 saturated heterocycles. The lowest BCUT2D eigenvalue weighted by molar-refractivity contribution is -0.113. The summed E-state index contributed by atoms with van der Waals surface area (Å²) in [5.41, 5.74) is 1.42. The first-order valence-electron chi connectivity index (χ1n) is 6.96. The van der Waals surface area contributed by atoms with Gasteiger partial charge in [0.15, 0.2) is 5.16 Å². The van der Waals surface area contributed by atoms with Crippen molar-refractivity contribution < 1.29 is 4.79 Å². The number of carbonyl (C=O) groups excluding carboxylic acids is 1. The number of anilines is 1. The number of nitrogens with one attached hydrogen (secondary N) is 1. The Morgan fingerprint density at radius 1 is 1.17 bits per heavy atom. The molecule has 0 aliphatic rings. The topological polar surface area (TPSA) is 59.8 Å². The predicted molar refractivity (Wildman–Crippen MR) is 97.2 cm³/mol. The Balaban J connectivity index is 1.67. The van der Waals surface area contributed by atoms with Crippen molar-refractivity contribution in [3.63, 3.8) is 0 Å². The minimum absolute atomic E-state index is 0.172. The van der Waals surface area contributed by atoms with E-state index in [1.165, 1.54) is 11.8 Å². The highest BCUT2D eigenvalue weighted by Crippen LogP contribution is 2.23. The van der Waals surface area contributed by atoms with Crippen LogP contribution in [0.3, 0.4) is 0 Å². The van der Waals surface area contributed by atoms with Crippen LogP contribution in [-0.2, 0) is 4.79 Å². The SMILES string of the molecule is O=C(CSc1nncn1-c1cccc(Cl)c1)Nc1ccccc1Cl. The van der Waals surface area contributed by atoms with E-state index in [4.69, 9.17) is 23.2 Å². The van der Waals surface area contributed by atoms with E-state index in [1.54, 1.807) is 41.2 Å². The van der Waals surface area contributed by atoms with Crippen LogP contribution < -0.4 is 5.32 Å². The maximum atomic E-state index is 12.1. The molecular formula is C16H12Cl2N4OS. The summed E-state index contributed by atoms with van der Waals surface area (Å²) in [6.07, 6.45) is 1.58. The molecule has 1 N–H and O–H groups in total. The van der Waals surface area contributed by atoms with E-state index in [-0.39, 0.29) is 11.7 Å². The van der Waals surface area contributed by atoms with Crippen molar-refractivity contribution in [2.45, 2.75) is 5.16 Å². The Morgan fingerprint density at radius 3 is 2.79 bits per heavy atom. The molecule has 2 aromatic carbocycles. The van der Waals surface area contributed by atoms with Gasteiger partial charge in [-0.1, -0.05) is 53.2 Å². The molecule has 1 aromatic heterocycles. The monoisotopic (exact) mass is 378 g/mol. The number of amides is 1. The highest BCUT2D eigenvalue weighted by atomic mass is 35.5. The molecular weight excluding hydrogens is 367 g/mol. The molecule has 0 atom stereocenters. The molecule has 8 heteroatoms. The summed E-state index contributed by atoms with van der Waals surface area (Å²) in [6.45, 7) is 0. The van der Waals surface area contributed by atoms with Crippen molar-refractivity contribution in [1.29, 1.82) is 0 Å². The average Bonchev–Trinajstić information content (AvgIpc) is 3.04. The molecule has 3 rings (SSSR count). The van der Waals surface area contributed by atoms with Crippen LogP contribution in [0.5, 0.6) is 0 Å².